The lowest BCUT2D eigenvalue weighted by Gasteiger charge is -2.17. The summed E-state index contributed by atoms with van der Waals surface area (Å²) in [6, 6.07) is 6.04. The van der Waals surface area contributed by atoms with Gasteiger partial charge in [-0.05, 0) is 101 Å². The van der Waals surface area contributed by atoms with Gasteiger partial charge in [-0.1, -0.05) is 63.1 Å². The third-order valence-corrected chi connectivity index (χ3v) is 10.1. The van der Waals surface area contributed by atoms with Crippen LogP contribution in [0.2, 0.25) is 0 Å². The minimum absolute atomic E-state index is 0.0961. The molecule has 3 atom stereocenters. The molecule has 5 aliphatic rings. The van der Waals surface area contributed by atoms with E-state index in [1.807, 2.05) is 24.9 Å². The Morgan fingerprint density at radius 2 is 1.80 bits per heavy atom. The number of nitrogens with zero attached hydrogens (tertiary/aromatic N) is 1. The molecule has 2 N–H and O–H groups in total. The molecule has 3 aliphatic heterocycles. The summed E-state index contributed by atoms with van der Waals surface area (Å²) in [5.74, 6) is 1.40. The van der Waals surface area contributed by atoms with E-state index in [4.69, 9.17) is 0 Å². The average molecular weight is 568 g/mol. The van der Waals surface area contributed by atoms with Crippen molar-refractivity contribution < 1.29 is 4.39 Å². The van der Waals surface area contributed by atoms with Crippen LogP contribution in [0.1, 0.15) is 102 Å². The number of hydrogen-bond donors (Lipinski definition) is 2. The Labute approximate surface area is 249 Å². The van der Waals surface area contributed by atoms with Crippen LogP contribution in [0.15, 0.2) is 68.1 Å². The summed E-state index contributed by atoms with van der Waals surface area (Å²) in [7, 11) is 0. The maximum Gasteiger partial charge on any atom is 0.128 e. The fourth-order valence-electron chi connectivity index (χ4n) is 5.64. The van der Waals surface area contributed by atoms with Crippen LogP contribution in [0, 0.1) is 17.7 Å². The number of benzene rings is 1. The van der Waals surface area contributed by atoms with Crippen molar-refractivity contribution in [1.29, 1.82) is 0 Å². The summed E-state index contributed by atoms with van der Waals surface area (Å²) in [6.45, 7) is 21.0. The van der Waals surface area contributed by atoms with E-state index in [2.05, 4.69) is 60.3 Å². The highest BCUT2D eigenvalue weighted by Crippen LogP contribution is 2.52. The molecule has 2 saturated carbocycles. The van der Waals surface area contributed by atoms with Gasteiger partial charge in [-0.25, -0.2) is 4.39 Å². The maximum atomic E-state index is 13.3. The molecule has 5 heteroatoms. The van der Waals surface area contributed by atoms with Crippen molar-refractivity contribution in [2.45, 2.75) is 115 Å². The average Bonchev–Trinajstić information content (AvgIpc) is 3.80. The molecule has 3 fully saturated rings. The van der Waals surface area contributed by atoms with Gasteiger partial charge in [0, 0.05) is 46.8 Å². The first-order valence-corrected chi connectivity index (χ1v) is 16.4. The molecule has 1 saturated heterocycles. The number of hydrogen-bond acceptors (Lipinski definition) is 4. The number of allylic oxidation sites excluding steroid dienone is 4. The van der Waals surface area contributed by atoms with Crippen molar-refractivity contribution in [3.05, 3.63) is 85.0 Å². The Balaban J connectivity index is 0.000000181. The maximum absolute atomic E-state index is 13.3. The third kappa shape index (κ3) is 10.4. The van der Waals surface area contributed by atoms with Gasteiger partial charge in [-0.2, -0.15) is 0 Å². The van der Waals surface area contributed by atoms with Crippen LogP contribution in [-0.4, -0.2) is 22.2 Å². The Kier molecular flexibility index (Phi) is 13.4. The minimum Gasteiger partial charge on any atom is -0.367 e. The molecule has 0 amide bonds. The van der Waals surface area contributed by atoms with E-state index in [0.29, 0.717) is 17.2 Å². The van der Waals surface area contributed by atoms with Crippen LogP contribution in [0.25, 0.3) is 0 Å². The Morgan fingerprint density at radius 1 is 1.05 bits per heavy atom. The summed E-state index contributed by atoms with van der Waals surface area (Å²) in [5.41, 5.74) is 4.19. The highest BCUT2D eigenvalue weighted by Gasteiger charge is 2.44. The molecule has 1 aromatic carbocycles. The van der Waals surface area contributed by atoms with Crippen LogP contribution in [0.4, 0.5) is 4.39 Å². The molecule has 1 aromatic rings. The SMILES string of the molecule is C=C.C=C(C)N1Cc2cccc(F)c2C1.C=C1NSC2(CCCCCCC/C=C/[C@@H]3CC13)CC2.CC1CCCN1. The number of halogens is 1. The van der Waals surface area contributed by atoms with Crippen molar-refractivity contribution in [2.24, 2.45) is 11.8 Å². The molecule has 0 radical (unpaired) electrons. The van der Waals surface area contributed by atoms with Crippen molar-refractivity contribution >= 4 is 11.9 Å². The first-order chi connectivity index (χ1) is 19.4. The number of rotatable bonds is 1. The topological polar surface area (TPSA) is 27.3 Å². The number of nitrogens with one attached hydrogen (secondary N) is 2. The summed E-state index contributed by atoms with van der Waals surface area (Å²) in [5, 5.41) is 3.32. The molecule has 3 nitrogen and oxygen atoms in total. The summed E-state index contributed by atoms with van der Waals surface area (Å²) < 4.78 is 17.4. The zero-order chi connectivity index (χ0) is 29.0. The second-order valence-corrected chi connectivity index (χ2v) is 13.4. The van der Waals surface area contributed by atoms with Crippen LogP contribution in [-0.2, 0) is 13.1 Å². The van der Waals surface area contributed by atoms with Crippen LogP contribution in [0.3, 0.4) is 0 Å². The quantitative estimate of drug-likeness (QED) is 0.261. The van der Waals surface area contributed by atoms with E-state index in [1.165, 1.54) is 95.4 Å². The fourth-order valence-corrected chi connectivity index (χ4v) is 6.69. The first kappa shape index (κ1) is 32.5. The summed E-state index contributed by atoms with van der Waals surface area (Å²) in [6.07, 6.45) is 21.5. The molecule has 222 valence electrons. The Morgan fingerprint density at radius 3 is 2.42 bits per heavy atom. The zero-order valence-electron chi connectivity index (χ0n) is 25.3. The highest BCUT2D eigenvalue weighted by molar-refractivity contribution is 7.99. The lowest BCUT2D eigenvalue weighted by atomic mass is 10.1. The van der Waals surface area contributed by atoms with E-state index in [9.17, 15) is 4.39 Å². The monoisotopic (exact) mass is 567 g/mol. The molecule has 3 heterocycles. The van der Waals surface area contributed by atoms with Gasteiger partial charge in [0.05, 0.1) is 0 Å². The summed E-state index contributed by atoms with van der Waals surface area (Å²) >= 11 is 1.99. The second-order valence-electron chi connectivity index (χ2n) is 12.1. The number of fused-ring (bicyclic) bond motifs is 2. The van der Waals surface area contributed by atoms with Gasteiger partial charge in [0.25, 0.3) is 0 Å². The van der Waals surface area contributed by atoms with Crippen LogP contribution >= 0.6 is 11.9 Å². The fraction of sp³-hybridized carbons (Fsp3) is 0.600. The first-order valence-electron chi connectivity index (χ1n) is 15.6. The van der Waals surface area contributed by atoms with Gasteiger partial charge in [-0.3, -0.25) is 0 Å². The second kappa shape index (κ2) is 16.5. The van der Waals surface area contributed by atoms with E-state index < -0.39 is 0 Å². The summed E-state index contributed by atoms with van der Waals surface area (Å²) in [4.78, 5) is 2.08. The van der Waals surface area contributed by atoms with E-state index in [0.717, 1.165) is 35.3 Å². The van der Waals surface area contributed by atoms with Crippen LogP contribution < -0.4 is 10.0 Å². The van der Waals surface area contributed by atoms with Gasteiger partial charge in [0.1, 0.15) is 5.82 Å². The van der Waals surface area contributed by atoms with Gasteiger partial charge in [0.2, 0.25) is 0 Å². The molecule has 6 rings (SSSR count). The van der Waals surface area contributed by atoms with Gasteiger partial charge in [-0.15, -0.1) is 13.2 Å². The molecule has 0 aromatic heterocycles. The van der Waals surface area contributed by atoms with Crippen LogP contribution in [0.5, 0.6) is 0 Å². The van der Waals surface area contributed by atoms with Crippen molar-refractivity contribution in [3.8, 4) is 0 Å². The molecular weight excluding hydrogens is 513 g/mol. The molecule has 1 spiro atoms. The van der Waals surface area contributed by atoms with Gasteiger partial charge < -0.3 is 14.9 Å². The van der Waals surface area contributed by atoms with Gasteiger partial charge in [0.15, 0.2) is 0 Å². The molecule has 0 bridgehead atoms. The highest BCUT2D eigenvalue weighted by atomic mass is 32.2. The van der Waals surface area contributed by atoms with Gasteiger partial charge >= 0.3 is 0 Å². The lowest BCUT2D eigenvalue weighted by Crippen LogP contribution is -2.16. The van der Waals surface area contributed by atoms with E-state index >= 15 is 0 Å². The predicted molar refractivity (Wildman–Crippen MR) is 173 cm³/mol. The molecular formula is C35H54FN3S. The molecule has 40 heavy (non-hydrogen) atoms. The van der Waals surface area contributed by atoms with Crippen molar-refractivity contribution in [3.63, 3.8) is 0 Å². The largest absolute Gasteiger partial charge is 0.367 e. The van der Waals surface area contributed by atoms with E-state index in [1.54, 1.807) is 6.07 Å². The smallest absolute Gasteiger partial charge is 0.128 e. The molecule has 2 aliphatic carbocycles. The Bertz CT molecular complexity index is 979. The minimum atomic E-state index is -0.0961. The Hall–Kier alpha value is -1.98. The van der Waals surface area contributed by atoms with Crippen molar-refractivity contribution in [2.75, 3.05) is 6.54 Å². The normalized spacial score (nSPS) is 27.3. The van der Waals surface area contributed by atoms with E-state index in [-0.39, 0.29) is 5.82 Å². The standard InChI is InChI=1S/C17H27NS.C11H12FN.C5H11N.C2H4/c1-14-16-13-15(16)9-7-5-3-2-4-6-8-10-17(11-12-17)19-18-14;1-8(2)13-6-9-4-3-5-11(12)10(9)7-13;1-5-3-2-4-6-5;1-2/h7,9,15-16,18H,1-6,8,10-13H2;3-5H,1,6-7H2,2H3;5-6H,2-4H2,1H3;1-2H2/b9-7+;;;/t15-,16?;;;/m1.../s1. The predicted octanol–water partition coefficient (Wildman–Crippen LogP) is 9.44. The molecule has 2 unspecified atom stereocenters. The van der Waals surface area contributed by atoms with Crippen molar-refractivity contribution in [1.82, 2.24) is 14.9 Å². The zero-order valence-corrected chi connectivity index (χ0v) is 26.1. The third-order valence-electron chi connectivity index (χ3n) is 8.65. The lowest BCUT2D eigenvalue weighted by molar-refractivity contribution is 0.362.